The molecule has 4 nitrogen and oxygen atoms in total. The summed E-state index contributed by atoms with van der Waals surface area (Å²) in [6.45, 7) is 11.3. The molecule has 0 radical (unpaired) electrons. The second-order valence-corrected chi connectivity index (χ2v) is 9.56. The molecule has 4 heteroatoms. The van der Waals surface area contributed by atoms with E-state index in [9.17, 15) is 5.11 Å². The van der Waals surface area contributed by atoms with E-state index in [1.165, 1.54) is 35.8 Å². The summed E-state index contributed by atoms with van der Waals surface area (Å²) in [4.78, 5) is 11.7. The van der Waals surface area contributed by atoms with Crippen LogP contribution in [0.3, 0.4) is 0 Å². The minimum absolute atomic E-state index is 0.127. The molecule has 5 rings (SSSR count). The number of nitrogens with zero attached hydrogens (tertiary/aromatic N) is 3. The van der Waals surface area contributed by atoms with Gasteiger partial charge in [0.15, 0.2) is 0 Å². The van der Waals surface area contributed by atoms with Crippen LogP contribution >= 0.6 is 0 Å². The first kappa shape index (κ1) is 20.9. The van der Waals surface area contributed by atoms with E-state index in [2.05, 4.69) is 60.3 Å². The molecule has 5 unspecified atom stereocenters. The predicted molar refractivity (Wildman–Crippen MR) is 123 cm³/mol. The van der Waals surface area contributed by atoms with Crippen LogP contribution in [0.25, 0.3) is 5.57 Å². The lowest BCUT2D eigenvalue weighted by atomic mass is 9.49. The molecule has 4 aliphatic carbocycles. The molecule has 2 fully saturated rings. The number of aliphatic imine (C=N–C) groups is 1. The van der Waals surface area contributed by atoms with E-state index in [0.29, 0.717) is 11.8 Å². The first-order valence-corrected chi connectivity index (χ1v) is 11.1. The third-order valence-electron chi connectivity index (χ3n) is 8.12. The van der Waals surface area contributed by atoms with Crippen LogP contribution in [0.4, 0.5) is 0 Å². The highest BCUT2D eigenvalue weighted by Gasteiger charge is 2.54. The molecule has 0 amide bonds. The average molecular weight is 404 g/mol. The number of aromatic nitrogens is 2. The minimum Gasteiger partial charge on any atom is -0.393 e. The van der Waals surface area contributed by atoms with Crippen molar-refractivity contribution < 1.29 is 5.11 Å². The van der Waals surface area contributed by atoms with Gasteiger partial charge in [0.2, 0.25) is 0 Å². The second-order valence-electron chi connectivity index (χ2n) is 9.56. The standard InChI is InChI=1S/C23H28N2O.C3H5N/c1-22-9-7-17(26)11-16(22)3-4-18-20-6-5-19(15-12-24-14-25-13-15)23(20,2)10-8-21(18)22;1-3-4-2/h3,5-6,12-14,17-18,21,26H,4,7-11H2,1-2H3;3H,1-2H2. The van der Waals surface area contributed by atoms with Gasteiger partial charge in [0.1, 0.15) is 6.33 Å². The maximum atomic E-state index is 10.1. The highest BCUT2D eigenvalue weighted by Crippen LogP contribution is 2.64. The Labute approximate surface area is 180 Å². The molecule has 2 saturated carbocycles. The first-order valence-electron chi connectivity index (χ1n) is 11.1. The Hall–Kier alpha value is -2.33. The van der Waals surface area contributed by atoms with Crippen LogP contribution in [0.1, 0.15) is 57.9 Å². The van der Waals surface area contributed by atoms with E-state index in [0.717, 1.165) is 25.7 Å². The van der Waals surface area contributed by atoms with Gasteiger partial charge >= 0.3 is 0 Å². The molecule has 0 aliphatic heterocycles. The number of aliphatic hydroxyl groups is 1. The topological polar surface area (TPSA) is 58.4 Å². The zero-order valence-corrected chi connectivity index (χ0v) is 18.2. The molecule has 1 heterocycles. The largest absolute Gasteiger partial charge is 0.393 e. The maximum Gasteiger partial charge on any atom is 0.115 e. The fraction of sp³-hybridized carbons (Fsp3) is 0.500. The van der Waals surface area contributed by atoms with E-state index in [4.69, 9.17) is 0 Å². The number of rotatable bonds is 2. The third kappa shape index (κ3) is 3.31. The summed E-state index contributed by atoms with van der Waals surface area (Å²) in [5.74, 6) is 1.35. The number of aliphatic hydroxyl groups excluding tert-OH is 1. The molecule has 0 spiro atoms. The van der Waals surface area contributed by atoms with Gasteiger partial charge in [-0.05, 0) is 68.1 Å². The third-order valence-corrected chi connectivity index (χ3v) is 8.12. The summed E-state index contributed by atoms with van der Waals surface area (Å²) in [6.07, 6.45) is 20.6. The van der Waals surface area contributed by atoms with Crippen molar-refractivity contribution in [3.05, 3.63) is 66.4 Å². The van der Waals surface area contributed by atoms with Crippen LogP contribution < -0.4 is 0 Å². The van der Waals surface area contributed by atoms with Gasteiger partial charge in [-0.1, -0.05) is 49.8 Å². The molecule has 0 bridgehead atoms. The lowest BCUT2D eigenvalue weighted by Gasteiger charge is -2.56. The van der Waals surface area contributed by atoms with Gasteiger partial charge in [-0.2, -0.15) is 0 Å². The van der Waals surface area contributed by atoms with Crippen molar-refractivity contribution in [1.82, 2.24) is 9.97 Å². The first-order chi connectivity index (χ1) is 14.4. The molecule has 1 aromatic rings. The SMILES string of the molecule is C=CN=C.CC12CCC3C(CC=C4CC(O)CCC43C)C1=CC=C2c1cncnc1. The van der Waals surface area contributed by atoms with Gasteiger partial charge in [-0.15, -0.1) is 0 Å². The molecule has 0 aromatic carbocycles. The van der Waals surface area contributed by atoms with Crippen molar-refractivity contribution in [2.24, 2.45) is 27.7 Å². The van der Waals surface area contributed by atoms with Crippen LogP contribution in [0.2, 0.25) is 0 Å². The van der Waals surface area contributed by atoms with E-state index in [1.54, 1.807) is 11.9 Å². The van der Waals surface area contributed by atoms with Crippen LogP contribution in [0, 0.1) is 22.7 Å². The van der Waals surface area contributed by atoms with Crippen molar-refractivity contribution in [3.8, 4) is 0 Å². The summed E-state index contributed by atoms with van der Waals surface area (Å²) < 4.78 is 0. The van der Waals surface area contributed by atoms with E-state index in [-0.39, 0.29) is 16.9 Å². The molecule has 1 N–H and O–H groups in total. The quantitative estimate of drug-likeness (QED) is 0.521. The Balaban J connectivity index is 0.000000503. The molecule has 5 atom stereocenters. The Kier molecular flexibility index (Phi) is 5.63. The molecular weight excluding hydrogens is 370 g/mol. The van der Waals surface area contributed by atoms with Crippen LogP contribution in [0.5, 0.6) is 0 Å². The van der Waals surface area contributed by atoms with E-state index < -0.39 is 0 Å². The number of hydrogen-bond acceptors (Lipinski definition) is 4. The van der Waals surface area contributed by atoms with E-state index in [1.807, 2.05) is 12.4 Å². The molecule has 0 saturated heterocycles. The summed E-state index contributed by atoms with van der Waals surface area (Å²) in [7, 11) is 0. The molecular formula is C26H33N3O. The van der Waals surface area contributed by atoms with Crippen molar-refractivity contribution in [1.29, 1.82) is 0 Å². The Bertz CT molecular complexity index is 909. The summed E-state index contributed by atoms with van der Waals surface area (Å²) in [5.41, 5.74) is 6.12. The fourth-order valence-corrected chi connectivity index (χ4v) is 6.50. The lowest BCUT2D eigenvalue weighted by Crippen LogP contribution is -2.47. The Morgan fingerprint density at radius 3 is 2.60 bits per heavy atom. The molecule has 30 heavy (non-hydrogen) atoms. The summed E-state index contributed by atoms with van der Waals surface area (Å²) >= 11 is 0. The van der Waals surface area contributed by atoms with Crippen LogP contribution in [0.15, 0.2) is 65.9 Å². The molecule has 1 aromatic heterocycles. The number of fused-ring (bicyclic) bond motifs is 5. The van der Waals surface area contributed by atoms with Crippen LogP contribution in [-0.2, 0) is 0 Å². The normalized spacial score (nSPS) is 36.5. The number of allylic oxidation sites excluding steroid dienone is 5. The van der Waals surface area contributed by atoms with Crippen LogP contribution in [-0.4, -0.2) is 27.9 Å². The predicted octanol–water partition coefficient (Wildman–Crippen LogP) is 5.54. The van der Waals surface area contributed by atoms with Gasteiger partial charge in [0.25, 0.3) is 0 Å². The lowest BCUT2D eigenvalue weighted by molar-refractivity contribution is 0.0369. The zero-order chi connectivity index (χ0) is 21.4. The average Bonchev–Trinajstić information content (AvgIpc) is 3.12. The van der Waals surface area contributed by atoms with Gasteiger partial charge in [0.05, 0.1) is 6.10 Å². The Morgan fingerprint density at radius 1 is 1.17 bits per heavy atom. The zero-order valence-electron chi connectivity index (χ0n) is 18.2. The van der Waals surface area contributed by atoms with Gasteiger partial charge in [-0.25, -0.2) is 9.97 Å². The minimum atomic E-state index is -0.128. The van der Waals surface area contributed by atoms with Crippen molar-refractivity contribution >= 4 is 12.3 Å². The van der Waals surface area contributed by atoms with Crippen molar-refractivity contribution in [2.45, 2.75) is 58.5 Å². The van der Waals surface area contributed by atoms with Crippen molar-refractivity contribution in [3.63, 3.8) is 0 Å². The summed E-state index contributed by atoms with van der Waals surface area (Å²) in [5, 5.41) is 10.1. The monoisotopic (exact) mass is 403 g/mol. The highest BCUT2D eigenvalue weighted by molar-refractivity contribution is 5.78. The maximum absolute atomic E-state index is 10.1. The van der Waals surface area contributed by atoms with Crippen molar-refractivity contribution in [2.75, 3.05) is 0 Å². The van der Waals surface area contributed by atoms with Gasteiger partial charge in [0, 0.05) is 29.6 Å². The molecule has 158 valence electrons. The fourth-order valence-electron chi connectivity index (χ4n) is 6.50. The number of hydrogen-bond donors (Lipinski definition) is 1. The Morgan fingerprint density at radius 2 is 1.90 bits per heavy atom. The summed E-state index contributed by atoms with van der Waals surface area (Å²) in [6, 6.07) is 0. The van der Waals surface area contributed by atoms with Gasteiger partial charge in [-0.3, -0.25) is 4.99 Å². The van der Waals surface area contributed by atoms with E-state index >= 15 is 0 Å². The highest BCUT2D eigenvalue weighted by atomic mass is 16.3. The van der Waals surface area contributed by atoms with Gasteiger partial charge < -0.3 is 5.11 Å². The molecule has 4 aliphatic rings. The smallest absolute Gasteiger partial charge is 0.115 e. The second kappa shape index (κ2) is 8.07.